The number of para-hydroxylation sites is 1. The number of anilines is 1. The highest BCUT2D eigenvalue weighted by molar-refractivity contribution is 6.11. The molecule has 14 nitrogen and oxygen atoms in total. The molecule has 0 spiro atoms. The lowest BCUT2D eigenvalue weighted by Crippen LogP contribution is -2.70. The molecule has 0 aliphatic carbocycles. The van der Waals surface area contributed by atoms with Crippen molar-refractivity contribution in [1.82, 2.24) is 5.32 Å². The minimum Gasteiger partial charge on any atom is -0.486 e. The van der Waals surface area contributed by atoms with E-state index < -0.39 is 59.6 Å². The van der Waals surface area contributed by atoms with Gasteiger partial charge in [0.2, 0.25) is 12.7 Å². The van der Waals surface area contributed by atoms with E-state index in [4.69, 9.17) is 36.1 Å². The van der Waals surface area contributed by atoms with Crippen LogP contribution in [0.25, 0.3) is 0 Å². The lowest BCUT2D eigenvalue weighted by molar-refractivity contribution is -0.143. The molecule has 3 atom stereocenters. The fourth-order valence-corrected chi connectivity index (χ4v) is 5.69. The van der Waals surface area contributed by atoms with Crippen molar-refractivity contribution in [3.8, 4) is 23.0 Å². The summed E-state index contributed by atoms with van der Waals surface area (Å²) >= 11 is 0. The SMILES string of the molecule is Cc1ccccc1N(C(N)=O)C(C)(C)Oc1ccc(OCC(=O)C(Cc2ccc3c(c2)OCO3)(NC(C(C)C)[C@H](N)C(=O)O)C(N)=O)cc1. The van der Waals surface area contributed by atoms with Gasteiger partial charge in [0.25, 0.3) is 0 Å². The zero-order valence-corrected chi connectivity index (χ0v) is 28.1. The molecule has 0 fully saturated rings. The topological polar surface area (TPSA) is 219 Å². The van der Waals surface area contributed by atoms with Gasteiger partial charge >= 0.3 is 12.0 Å². The van der Waals surface area contributed by atoms with Crippen LogP contribution in [0.15, 0.2) is 66.7 Å². The van der Waals surface area contributed by atoms with Crippen molar-refractivity contribution in [1.29, 1.82) is 0 Å². The van der Waals surface area contributed by atoms with Crippen molar-refractivity contribution >= 4 is 29.4 Å². The van der Waals surface area contributed by atoms with Gasteiger partial charge in [-0.15, -0.1) is 0 Å². The zero-order chi connectivity index (χ0) is 36.1. The number of carbonyl (C=O) groups is 4. The third kappa shape index (κ3) is 8.21. The van der Waals surface area contributed by atoms with Crippen LogP contribution in [0.4, 0.5) is 10.5 Å². The van der Waals surface area contributed by atoms with Crippen LogP contribution in [0.5, 0.6) is 23.0 Å². The maximum Gasteiger partial charge on any atom is 0.322 e. The monoisotopic (exact) mass is 677 g/mol. The van der Waals surface area contributed by atoms with Gasteiger partial charge in [-0.1, -0.05) is 38.1 Å². The fourth-order valence-electron chi connectivity index (χ4n) is 5.69. The average Bonchev–Trinajstić information content (AvgIpc) is 3.50. The molecule has 8 N–H and O–H groups in total. The summed E-state index contributed by atoms with van der Waals surface area (Å²) in [6.45, 7) is 8.09. The Balaban J connectivity index is 1.57. The normalized spacial score (nSPS) is 14.8. The number of rotatable bonds is 16. The Labute approximate surface area is 284 Å². The molecular weight excluding hydrogens is 634 g/mol. The van der Waals surface area contributed by atoms with E-state index in [2.05, 4.69) is 5.32 Å². The molecule has 3 amide bonds. The number of amides is 3. The number of primary amides is 2. The van der Waals surface area contributed by atoms with E-state index in [1.165, 1.54) is 4.90 Å². The molecule has 1 aliphatic rings. The van der Waals surface area contributed by atoms with Gasteiger partial charge in [-0.25, -0.2) is 4.79 Å². The van der Waals surface area contributed by atoms with E-state index in [1.54, 1.807) is 82.3 Å². The van der Waals surface area contributed by atoms with Crippen LogP contribution in [-0.2, 0) is 20.8 Å². The van der Waals surface area contributed by atoms with Crippen LogP contribution in [0, 0.1) is 12.8 Å². The average molecular weight is 678 g/mol. The predicted molar refractivity (Wildman–Crippen MR) is 180 cm³/mol. The van der Waals surface area contributed by atoms with Crippen LogP contribution in [-0.4, -0.2) is 65.5 Å². The van der Waals surface area contributed by atoms with Gasteiger partial charge in [0.15, 0.2) is 28.5 Å². The third-order valence-corrected chi connectivity index (χ3v) is 8.28. The Kier molecular flexibility index (Phi) is 11.0. The van der Waals surface area contributed by atoms with Crippen molar-refractivity contribution in [2.45, 2.75) is 64.4 Å². The number of nitrogens with one attached hydrogen (secondary N) is 1. The predicted octanol–water partition coefficient (Wildman–Crippen LogP) is 2.86. The smallest absolute Gasteiger partial charge is 0.322 e. The van der Waals surface area contributed by atoms with E-state index >= 15 is 0 Å². The molecule has 3 aromatic carbocycles. The van der Waals surface area contributed by atoms with E-state index in [0.29, 0.717) is 28.5 Å². The van der Waals surface area contributed by atoms with Crippen molar-refractivity contribution in [3.05, 3.63) is 77.9 Å². The summed E-state index contributed by atoms with van der Waals surface area (Å²) in [5.74, 6) is -1.97. The minimum atomic E-state index is -2.11. The lowest BCUT2D eigenvalue weighted by Gasteiger charge is -2.38. The van der Waals surface area contributed by atoms with Crippen LogP contribution in [0.2, 0.25) is 0 Å². The summed E-state index contributed by atoms with van der Waals surface area (Å²) in [7, 11) is 0. The van der Waals surface area contributed by atoms with E-state index in [1.807, 2.05) is 19.1 Å². The lowest BCUT2D eigenvalue weighted by atomic mass is 9.82. The number of carbonyl (C=O) groups excluding carboxylic acids is 3. The van der Waals surface area contributed by atoms with Gasteiger partial charge in [-0.05, 0) is 80.3 Å². The highest BCUT2D eigenvalue weighted by atomic mass is 16.7. The first-order valence-electron chi connectivity index (χ1n) is 15.6. The molecule has 3 aromatic rings. The Hall–Kier alpha value is -5.34. The number of benzene rings is 3. The number of Topliss-reactive ketones (excluding diaryl/α,β-unsaturated/α-hetero) is 1. The molecule has 262 valence electrons. The number of nitrogens with two attached hydrogens (primary N) is 3. The van der Waals surface area contributed by atoms with Crippen LogP contribution < -0.4 is 46.4 Å². The highest BCUT2D eigenvalue weighted by Gasteiger charge is 2.48. The maximum atomic E-state index is 14.0. The van der Waals surface area contributed by atoms with Crippen LogP contribution in [0.1, 0.15) is 38.8 Å². The summed E-state index contributed by atoms with van der Waals surface area (Å²) in [5.41, 5.74) is 16.3. The van der Waals surface area contributed by atoms with Gasteiger partial charge in [0, 0.05) is 12.5 Å². The van der Waals surface area contributed by atoms with Gasteiger partial charge in [0.05, 0.1) is 5.69 Å². The first-order chi connectivity index (χ1) is 23.1. The summed E-state index contributed by atoms with van der Waals surface area (Å²) in [6.07, 6.45) is -0.254. The van der Waals surface area contributed by atoms with Gasteiger partial charge in [-0.3, -0.25) is 24.6 Å². The number of fused-ring (bicyclic) bond motifs is 1. The van der Waals surface area contributed by atoms with E-state index in [9.17, 15) is 24.3 Å². The Morgan fingerprint density at radius 1 is 0.959 bits per heavy atom. The molecule has 0 aromatic heterocycles. The fraction of sp³-hybridized carbons (Fsp3) is 0.371. The molecule has 14 heteroatoms. The Morgan fingerprint density at radius 2 is 1.59 bits per heavy atom. The first kappa shape index (κ1) is 36.5. The van der Waals surface area contributed by atoms with Crippen LogP contribution in [0.3, 0.4) is 0 Å². The number of aryl methyl sites for hydroxylation is 1. The summed E-state index contributed by atoms with van der Waals surface area (Å²) in [5, 5.41) is 12.6. The van der Waals surface area contributed by atoms with Crippen molar-refractivity contribution in [2.24, 2.45) is 23.1 Å². The maximum absolute atomic E-state index is 14.0. The van der Waals surface area contributed by atoms with Crippen molar-refractivity contribution in [2.75, 3.05) is 18.3 Å². The largest absolute Gasteiger partial charge is 0.486 e. The molecule has 2 unspecified atom stereocenters. The molecule has 0 radical (unpaired) electrons. The molecule has 0 saturated carbocycles. The molecule has 1 heterocycles. The molecule has 0 saturated heterocycles. The zero-order valence-electron chi connectivity index (χ0n) is 28.1. The number of ether oxygens (including phenoxy) is 4. The number of urea groups is 1. The number of nitrogens with zero attached hydrogens (tertiary/aromatic N) is 1. The van der Waals surface area contributed by atoms with Gasteiger partial charge < -0.3 is 41.3 Å². The van der Waals surface area contributed by atoms with Crippen LogP contribution >= 0.6 is 0 Å². The quantitative estimate of drug-likeness (QED) is 0.110. The Morgan fingerprint density at radius 3 is 2.18 bits per heavy atom. The molecule has 0 bridgehead atoms. The number of aliphatic carboxylic acids is 1. The second kappa shape index (κ2) is 14.8. The molecule has 1 aliphatic heterocycles. The minimum absolute atomic E-state index is 0.0189. The standard InChI is InChI=1S/C35H43N5O9/c1-20(2)30(29(36)31(42)43)39-35(32(37)44,17-22-10-15-26-27(16-22)48-19-47-26)28(41)18-46-23-11-13-24(14-12-23)49-34(4,5)40(33(38)45)25-9-7-6-8-21(25)3/h6-16,20,29-30,39H,17-19,36H2,1-5H3,(H2,37,44)(H2,38,45)(H,42,43)/t29-,30?,35?/m0/s1. The van der Waals surface area contributed by atoms with Gasteiger partial charge in [0.1, 0.15) is 24.1 Å². The molecule has 49 heavy (non-hydrogen) atoms. The Bertz CT molecular complexity index is 1690. The summed E-state index contributed by atoms with van der Waals surface area (Å²) < 4.78 is 22.8. The van der Waals surface area contributed by atoms with Gasteiger partial charge in [-0.2, -0.15) is 0 Å². The highest BCUT2D eigenvalue weighted by Crippen LogP contribution is 2.34. The second-order valence-electron chi connectivity index (χ2n) is 12.6. The molecular formula is C35H43N5O9. The first-order valence-corrected chi connectivity index (χ1v) is 15.6. The number of carboxylic acids is 1. The van der Waals surface area contributed by atoms with E-state index in [0.717, 1.165) is 5.56 Å². The van der Waals surface area contributed by atoms with Crippen molar-refractivity contribution in [3.63, 3.8) is 0 Å². The second-order valence-corrected chi connectivity index (χ2v) is 12.6. The number of ketones is 1. The number of carboxylic acid groups (broad SMARTS) is 1. The summed E-state index contributed by atoms with van der Waals surface area (Å²) in [6, 6.07) is 15.3. The van der Waals surface area contributed by atoms with Crippen molar-refractivity contribution < 1.29 is 43.2 Å². The molecule has 4 rings (SSSR count). The third-order valence-electron chi connectivity index (χ3n) is 8.28. The van der Waals surface area contributed by atoms with E-state index in [-0.39, 0.29) is 19.0 Å². The number of hydrogen-bond donors (Lipinski definition) is 5. The summed E-state index contributed by atoms with van der Waals surface area (Å²) in [4.78, 5) is 53.0. The number of hydrogen-bond acceptors (Lipinski definition) is 10.